The molecule has 0 bridgehead atoms. The fraction of sp³-hybridized carbons (Fsp3) is 0.600. The number of hydrogen-bond donors (Lipinski definition) is 2. The van der Waals surface area contributed by atoms with Gasteiger partial charge in [-0.1, -0.05) is 31.5 Å². The zero-order valence-corrected chi connectivity index (χ0v) is 14.3. The Morgan fingerprint density at radius 1 is 1.33 bits per heavy atom. The average molecular weight is 331 g/mol. The lowest BCUT2D eigenvalue weighted by Gasteiger charge is -2.20. The van der Waals surface area contributed by atoms with E-state index in [1.54, 1.807) is 12.1 Å². The van der Waals surface area contributed by atoms with Gasteiger partial charge < -0.3 is 5.32 Å². The summed E-state index contributed by atoms with van der Waals surface area (Å²) in [5.74, 6) is 0.478. The summed E-state index contributed by atoms with van der Waals surface area (Å²) in [6, 6.07) is 5.10. The van der Waals surface area contributed by atoms with Crippen LogP contribution in [-0.2, 0) is 16.6 Å². The summed E-state index contributed by atoms with van der Waals surface area (Å²) < 4.78 is 27.7. The summed E-state index contributed by atoms with van der Waals surface area (Å²) in [5.41, 5.74) is 1.02. The van der Waals surface area contributed by atoms with Gasteiger partial charge in [0.05, 0.1) is 5.02 Å². The SMILES string of the molecule is CNCc1ccc(Cl)c(S(=O)(=O)NCC2(C(C)C)CC2)c1. The predicted molar refractivity (Wildman–Crippen MR) is 85.9 cm³/mol. The van der Waals surface area contributed by atoms with Crippen molar-refractivity contribution in [2.45, 2.75) is 38.1 Å². The molecule has 0 saturated heterocycles. The van der Waals surface area contributed by atoms with Crippen molar-refractivity contribution in [3.8, 4) is 0 Å². The molecule has 0 aromatic heterocycles. The van der Waals surface area contributed by atoms with Crippen LogP contribution in [-0.4, -0.2) is 22.0 Å². The quantitative estimate of drug-likeness (QED) is 0.808. The first-order chi connectivity index (χ1) is 9.81. The highest BCUT2D eigenvalue weighted by molar-refractivity contribution is 7.89. The molecule has 118 valence electrons. The molecule has 2 N–H and O–H groups in total. The van der Waals surface area contributed by atoms with Crippen LogP contribution in [0.3, 0.4) is 0 Å². The van der Waals surface area contributed by atoms with E-state index in [1.165, 1.54) is 0 Å². The Hall–Kier alpha value is -0.620. The minimum absolute atomic E-state index is 0.127. The number of halogens is 1. The number of sulfonamides is 1. The van der Waals surface area contributed by atoms with Crippen LogP contribution < -0.4 is 10.0 Å². The summed E-state index contributed by atoms with van der Waals surface area (Å²) in [4.78, 5) is 0.163. The van der Waals surface area contributed by atoms with E-state index in [4.69, 9.17) is 11.6 Å². The first-order valence-electron chi connectivity index (χ1n) is 7.23. The molecule has 0 radical (unpaired) electrons. The van der Waals surface area contributed by atoms with Crippen LogP contribution in [0.25, 0.3) is 0 Å². The Morgan fingerprint density at radius 2 is 2.00 bits per heavy atom. The number of benzene rings is 1. The van der Waals surface area contributed by atoms with Gasteiger partial charge in [0.25, 0.3) is 0 Å². The molecule has 1 aromatic rings. The van der Waals surface area contributed by atoms with E-state index in [2.05, 4.69) is 23.9 Å². The van der Waals surface area contributed by atoms with E-state index in [0.717, 1.165) is 18.4 Å². The topological polar surface area (TPSA) is 58.2 Å². The number of hydrogen-bond acceptors (Lipinski definition) is 3. The fourth-order valence-electron chi connectivity index (χ4n) is 2.50. The maximum atomic E-state index is 12.5. The third kappa shape index (κ3) is 3.77. The Balaban J connectivity index is 2.17. The highest BCUT2D eigenvalue weighted by Crippen LogP contribution is 2.51. The first kappa shape index (κ1) is 16.7. The third-order valence-electron chi connectivity index (χ3n) is 4.40. The third-order valence-corrected chi connectivity index (χ3v) is 6.28. The fourth-order valence-corrected chi connectivity index (χ4v) is 4.19. The number of nitrogens with one attached hydrogen (secondary N) is 2. The van der Waals surface area contributed by atoms with Crippen molar-refractivity contribution in [2.75, 3.05) is 13.6 Å². The van der Waals surface area contributed by atoms with Crippen molar-refractivity contribution in [3.63, 3.8) is 0 Å². The van der Waals surface area contributed by atoms with Gasteiger partial charge in [-0.2, -0.15) is 0 Å². The summed E-state index contributed by atoms with van der Waals surface area (Å²) >= 11 is 6.07. The van der Waals surface area contributed by atoms with Crippen LogP contribution in [0.1, 0.15) is 32.3 Å². The summed E-state index contributed by atoms with van der Waals surface area (Å²) in [5, 5.41) is 3.27. The van der Waals surface area contributed by atoms with Gasteiger partial charge in [-0.3, -0.25) is 0 Å². The number of rotatable bonds is 7. The van der Waals surface area contributed by atoms with Crippen LogP contribution in [0.5, 0.6) is 0 Å². The van der Waals surface area contributed by atoms with Crippen molar-refractivity contribution in [1.82, 2.24) is 10.0 Å². The van der Waals surface area contributed by atoms with Crippen LogP contribution >= 0.6 is 11.6 Å². The molecule has 1 aliphatic rings. The van der Waals surface area contributed by atoms with Crippen molar-refractivity contribution < 1.29 is 8.42 Å². The Morgan fingerprint density at radius 3 is 2.52 bits per heavy atom. The zero-order chi connectivity index (χ0) is 15.7. The van der Waals surface area contributed by atoms with E-state index in [-0.39, 0.29) is 15.3 Å². The van der Waals surface area contributed by atoms with Crippen LogP contribution in [0.2, 0.25) is 5.02 Å². The van der Waals surface area contributed by atoms with E-state index >= 15 is 0 Å². The average Bonchev–Trinajstić information content (AvgIpc) is 3.20. The summed E-state index contributed by atoms with van der Waals surface area (Å²) in [7, 11) is -1.75. The van der Waals surface area contributed by atoms with Crippen molar-refractivity contribution in [3.05, 3.63) is 28.8 Å². The highest BCUT2D eigenvalue weighted by atomic mass is 35.5. The normalized spacial score (nSPS) is 17.2. The second-order valence-corrected chi connectivity index (χ2v) is 8.28. The largest absolute Gasteiger partial charge is 0.316 e. The van der Waals surface area contributed by atoms with Gasteiger partial charge in [0.1, 0.15) is 4.90 Å². The molecule has 1 aliphatic carbocycles. The van der Waals surface area contributed by atoms with E-state index in [1.807, 2.05) is 13.1 Å². The zero-order valence-electron chi connectivity index (χ0n) is 12.7. The maximum Gasteiger partial charge on any atom is 0.242 e. The molecule has 6 heteroatoms. The lowest BCUT2D eigenvalue weighted by Crippen LogP contribution is -2.32. The standard InChI is InChI=1S/C15H23ClN2O2S/c1-11(2)15(6-7-15)10-18-21(19,20)14-8-12(9-17-3)4-5-13(14)16/h4-5,8,11,17-18H,6-7,9-10H2,1-3H3. The molecule has 1 aromatic carbocycles. The lowest BCUT2D eigenvalue weighted by atomic mass is 9.93. The monoisotopic (exact) mass is 330 g/mol. The molecule has 0 amide bonds. The van der Waals surface area contributed by atoms with E-state index in [9.17, 15) is 8.42 Å². The van der Waals surface area contributed by atoms with Crippen molar-refractivity contribution in [2.24, 2.45) is 11.3 Å². The Labute approximate surface area is 132 Å². The molecular formula is C15H23ClN2O2S. The second kappa shape index (κ2) is 6.24. The van der Waals surface area contributed by atoms with Gasteiger partial charge in [0.15, 0.2) is 0 Å². The molecule has 2 rings (SSSR count). The first-order valence-corrected chi connectivity index (χ1v) is 9.09. The van der Waals surface area contributed by atoms with Crippen molar-refractivity contribution in [1.29, 1.82) is 0 Å². The van der Waals surface area contributed by atoms with Gasteiger partial charge in [-0.25, -0.2) is 13.1 Å². The smallest absolute Gasteiger partial charge is 0.242 e. The predicted octanol–water partition coefficient (Wildman–Crippen LogP) is 2.77. The Bertz CT molecular complexity index is 610. The molecule has 1 saturated carbocycles. The van der Waals surface area contributed by atoms with Gasteiger partial charge in [0.2, 0.25) is 10.0 Å². The molecule has 0 aliphatic heterocycles. The van der Waals surface area contributed by atoms with Gasteiger partial charge in [-0.05, 0) is 48.9 Å². The summed E-state index contributed by atoms with van der Waals surface area (Å²) in [6.45, 7) is 5.37. The highest BCUT2D eigenvalue weighted by Gasteiger charge is 2.45. The van der Waals surface area contributed by atoms with Crippen LogP contribution in [0.15, 0.2) is 23.1 Å². The van der Waals surface area contributed by atoms with Gasteiger partial charge in [0, 0.05) is 13.1 Å². The second-order valence-electron chi connectivity index (χ2n) is 6.14. The van der Waals surface area contributed by atoms with E-state index < -0.39 is 10.0 Å². The molecule has 0 unspecified atom stereocenters. The van der Waals surface area contributed by atoms with Gasteiger partial charge >= 0.3 is 0 Å². The maximum absolute atomic E-state index is 12.5. The minimum Gasteiger partial charge on any atom is -0.316 e. The van der Waals surface area contributed by atoms with E-state index in [0.29, 0.717) is 19.0 Å². The van der Waals surface area contributed by atoms with Crippen LogP contribution in [0, 0.1) is 11.3 Å². The molecule has 0 atom stereocenters. The molecule has 1 fully saturated rings. The molecule has 0 spiro atoms. The summed E-state index contributed by atoms with van der Waals surface area (Å²) in [6.07, 6.45) is 2.17. The van der Waals surface area contributed by atoms with Crippen LogP contribution in [0.4, 0.5) is 0 Å². The Kier molecular flexibility index (Phi) is 4.98. The molecule has 0 heterocycles. The molecule has 21 heavy (non-hydrogen) atoms. The van der Waals surface area contributed by atoms with Crippen molar-refractivity contribution >= 4 is 21.6 Å². The minimum atomic E-state index is -3.57. The molecular weight excluding hydrogens is 308 g/mol. The van der Waals surface area contributed by atoms with Gasteiger partial charge in [-0.15, -0.1) is 0 Å². The molecule has 4 nitrogen and oxygen atoms in total. The lowest BCUT2D eigenvalue weighted by molar-refractivity contribution is 0.357.